The van der Waals surface area contributed by atoms with Gasteiger partial charge in [-0.2, -0.15) is 0 Å². The average molecular weight is 281 g/mol. The summed E-state index contributed by atoms with van der Waals surface area (Å²) >= 11 is 0. The first-order valence-electron chi connectivity index (χ1n) is 7.69. The number of hydrogen-bond acceptors (Lipinski definition) is 3. The summed E-state index contributed by atoms with van der Waals surface area (Å²) < 4.78 is 0. The third kappa shape index (κ3) is 2.29. The molecule has 1 saturated carbocycles. The first kappa shape index (κ1) is 12.8. The molecule has 1 aliphatic heterocycles. The van der Waals surface area contributed by atoms with Gasteiger partial charge in [0.2, 0.25) is 0 Å². The molecule has 1 saturated heterocycles. The summed E-state index contributed by atoms with van der Waals surface area (Å²) in [5.74, 6) is 0.713. The number of para-hydroxylation sites is 1. The fourth-order valence-electron chi connectivity index (χ4n) is 3.78. The van der Waals surface area contributed by atoms with Gasteiger partial charge in [0, 0.05) is 30.2 Å². The normalized spacial score (nSPS) is 27.1. The number of fused-ring (bicyclic) bond motifs is 3. The van der Waals surface area contributed by atoms with E-state index in [1.54, 1.807) is 6.20 Å². The van der Waals surface area contributed by atoms with Crippen LogP contribution in [0.25, 0.3) is 10.9 Å². The van der Waals surface area contributed by atoms with Gasteiger partial charge in [-0.05, 0) is 37.3 Å². The van der Waals surface area contributed by atoms with Crippen LogP contribution in [0.5, 0.6) is 0 Å². The van der Waals surface area contributed by atoms with Gasteiger partial charge in [-0.15, -0.1) is 0 Å². The molecule has 1 aromatic heterocycles. The lowest BCUT2D eigenvalue weighted by Crippen LogP contribution is -2.44. The quantitative estimate of drug-likeness (QED) is 0.906. The van der Waals surface area contributed by atoms with Crippen molar-refractivity contribution in [3.63, 3.8) is 0 Å². The lowest BCUT2D eigenvalue weighted by molar-refractivity contribution is 0.0948. The predicted octanol–water partition coefficient (Wildman–Crippen LogP) is 2.11. The topological polar surface area (TPSA) is 54.0 Å². The van der Waals surface area contributed by atoms with Crippen molar-refractivity contribution in [1.29, 1.82) is 0 Å². The van der Waals surface area contributed by atoms with Gasteiger partial charge in [0.05, 0.1) is 11.1 Å². The van der Waals surface area contributed by atoms with Crippen molar-refractivity contribution in [2.45, 2.75) is 31.3 Å². The Kier molecular flexibility index (Phi) is 3.11. The minimum atomic E-state index is -0.0242. The van der Waals surface area contributed by atoms with Crippen LogP contribution < -0.4 is 10.6 Å². The minimum Gasteiger partial charge on any atom is -0.350 e. The Bertz CT molecular complexity index is 679. The Morgan fingerprint density at radius 3 is 3.00 bits per heavy atom. The molecule has 0 radical (unpaired) electrons. The zero-order valence-corrected chi connectivity index (χ0v) is 11.9. The molecular formula is C17H19N3O. The van der Waals surface area contributed by atoms with E-state index in [0.29, 0.717) is 24.2 Å². The number of benzene rings is 1. The summed E-state index contributed by atoms with van der Waals surface area (Å²) in [5.41, 5.74) is 1.44. The van der Waals surface area contributed by atoms with Gasteiger partial charge < -0.3 is 10.6 Å². The number of nitrogens with one attached hydrogen (secondary N) is 2. The smallest absolute Gasteiger partial charge is 0.253 e. The molecule has 1 amide bonds. The monoisotopic (exact) mass is 281 g/mol. The van der Waals surface area contributed by atoms with Crippen molar-refractivity contribution >= 4 is 16.8 Å². The van der Waals surface area contributed by atoms with Gasteiger partial charge in [-0.1, -0.05) is 18.2 Å². The number of aromatic nitrogens is 1. The van der Waals surface area contributed by atoms with Gasteiger partial charge in [0.15, 0.2) is 0 Å². The van der Waals surface area contributed by atoms with E-state index in [1.165, 1.54) is 19.3 Å². The predicted molar refractivity (Wildman–Crippen MR) is 82.1 cm³/mol. The minimum absolute atomic E-state index is 0.0242. The number of nitrogens with zero attached hydrogens (tertiary/aromatic N) is 1. The third-order valence-electron chi connectivity index (χ3n) is 4.85. The molecule has 2 heterocycles. The number of hydrogen-bond donors (Lipinski definition) is 2. The zero-order valence-electron chi connectivity index (χ0n) is 11.9. The van der Waals surface area contributed by atoms with Crippen LogP contribution in [0.3, 0.4) is 0 Å². The second-order valence-corrected chi connectivity index (χ2v) is 6.13. The highest BCUT2D eigenvalue weighted by Crippen LogP contribution is 2.34. The molecule has 2 fully saturated rings. The fraction of sp³-hybridized carbons (Fsp3) is 0.412. The lowest BCUT2D eigenvalue weighted by Gasteiger charge is -2.23. The molecule has 4 rings (SSSR count). The van der Waals surface area contributed by atoms with E-state index in [1.807, 2.05) is 30.3 Å². The Labute approximate surface area is 124 Å². The molecule has 2 aromatic rings. The van der Waals surface area contributed by atoms with Gasteiger partial charge >= 0.3 is 0 Å². The number of pyridine rings is 1. The van der Waals surface area contributed by atoms with Crippen LogP contribution in [0.2, 0.25) is 0 Å². The summed E-state index contributed by atoms with van der Waals surface area (Å²) in [6.07, 6.45) is 5.60. The van der Waals surface area contributed by atoms with E-state index in [4.69, 9.17) is 0 Å². The van der Waals surface area contributed by atoms with E-state index in [-0.39, 0.29) is 5.91 Å². The van der Waals surface area contributed by atoms with Gasteiger partial charge in [-0.3, -0.25) is 9.78 Å². The second kappa shape index (κ2) is 5.11. The van der Waals surface area contributed by atoms with E-state index >= 15 is 0 Å². The summed E-state index contributed by atoms with van der Waals surface area (Å²) in [5, 5.41) is 7.68. The maximum Gasteiger partial charge on any atom is 0.253 e. The maximum absolute atomic E-state index is 12.4. The van der Waals surface area contributed by atoms with Gasteiger partial charge in [-0.25, -0.2) is 0 Å². The van der Waals surface area contributed by atoms with Crippen molar-refractivity contribution in [2.24, 2.45) is 5.92 Å². The Morgan fingerprint density at radius 2 is 2.19 bits per heavy atom. The molecule has 21 heavy (non-hydrogen) atoms. The van der Waals surface area contributed by atoms with Crippen LogP contribution in [-0.2, 0) is 0 Å². The second-order valence-electron chi connectivity index (χ2n) is 6.13. The van der Waals surface area contributed by atoms with E-state index < -0.39 is 0 Å². The number of amides is 1. The van der Waals surface area contributed by atoms with Crippen LogP contribution in [0.1, 0.15) is 29.6 Å². The number of carbonyl (C=O) groups excluding carboxylic acids is 1. The highest BCUT2D eigenvalue weighted by molar-refractivity contribution is 6.05. The van der Waals surface area contributed by atoms with Gasteiger partial charge in [0.25, 0.3) is 5.91 Å². The summed E-state index contributed by atoms with van der Waals surface area (Å²) in [7, 11) is 0. The van der Waals surface area contributed by atoms with E-state index in [2.05, 4.69) is 15.6 Å². The first-order chi connectivity index (χ1) is 10.3. The average Bonchev–Trinajstić information content (AvgIpc) is 3.15. The molecule has 2 N–H and O–H groups in total. The highest BCUT2D eigenvalue weighted by Gasteiger charge is 2.38. The molecule has 4 heteroatoms. The number of carbonyl (C=O) groups is 1. The first-order valence-corrected chi connectivity index (χ1v) is 7.69. The summed E-state index contributed by atoms with van der Waals surface area (Å²) in [4.78, 5) is 16.8. The van der Waals surface area contributed by atoms with Crippen molar-refractivity contribution in [3.8, 4) is 0 Å². The Morgan fingerprint density at radius 1 is 1.29 bits per heavy atom. The zero-order chi connectivity index (χ0) is 14.2. The molecular weight excluding hydrogens is 262 g/mol. The molecule has 3 atom stereocenters. The summed E-state index contributed by atoms with van der Waals surface area (Å²) in [6.45, 7) is 0.712. The van der Waals surface area contributed by atoms with Crippen molar-refractivity contribution in [1.82, 2.24) is 15.6 Å². The Hall–Kier alpha value is -1.94. The van der Waals surface area contributed by atoms with Crippen LogP contribution >= 0.6 is 0 Å². The van der Waals surface area contributed by atoms with Crippen molar-refractivity contribution in [2.75, 3.05) is 6.54 Å². The van der Waals surface area contributed by atoms with Crippen LogP contribution in [0.4, 0.5) is 0 Å². The number of piperidine rings is 1. The van der Waals surface area contributed by atoms with Gasteiger partial charge in [0.1, 0.15) is 0 Å². The highest BCUT2D eigenvalue weighted by atomic mass is 16.1. The summed E-state index contributed by atoms with van der Waals surface area (Å²) in [6, 6.07) is 10.7. The van der Waals surface area contributed by atoms with Crippen LogP contribution in [-0.4, -0.2) is 29.5 Å². The lowest BCUT2D eigenvalue weighted by atomic mass is 10.00. The number of rotatable bonds is 3. The molecule has 0 spiro atoms. The molecule has 4 nitrogen and oxygen atoms in total. The molecule has 108 valence electrons. The molecule has 1 aromatic carbocycles. The van der Waals surface area contributed by atoms with Crippen molar-refractivity contribution < 1.29 is 4.79 Å². The van der Waals surface area contributed by atoms with E-state index in [9.17, 15) is 4.79 Å². The standard InChI is InChI=1S/C17H19N3O/c21-17(19-10-15-12-6-7-13(9-12)20-15)14-5-1-3-11-4-2-8-18-16(11)14/h1-5,8,12-13,15,20H,6-7,9-10H2,(H,19,21)/t12-,13+,15+/m0/s1. The van der Waals surface area contributed by atoms with E-state index in [0.717, 1.165) is 16.8 Å². The molecule has 0 unspecified atom stereocenters. The third-order valence-corrected chi connectivity index (χ3v) is 4.85. The largest absolute Gasteiger partial charge is 0.350 e. The molecule has 2 aliphatic rings. The molecule has 2 bridgehead atoms. The van der Waals surface area contributed by atoms with Crippen LogP contribution in [0, 0.1) is 5.92 Å². The fourth-order valence-corrected chi connectivity index (χ4v) is 3.78. The molecule has 1 aliphatic carbocycles. The van der Waals surface area contributed by atoms with Crippen LogP contribution in [0.15, 0.2) is 36.5 Å². The van der Waals surface area contributed by atoms with Crippen molar-refractivity contribution in [3.05, 3.63) is 42.1 Å². The SMILES string of the molecule is O=C(NC[C@H]1N[C@@H]2CC[C@H]1C2)c1cccc2cccnc12. The Balaban J connectivity index is 1.49. The maximum atomic E-state index is 12.4.